The Morgan fingerprint density at radius 2 is 1.24 bits per heavy atom. The molecule has 2 rings (SSSR count). The van der Waals surface area contributed by atoms with Crippen molar-refractivity contribution >= 4 is 35.6 Å². The fraction of sp³-hybridized carbons (Fsp3) is 0.500. The number of hydrogen-bond acceptors (Lipinski definition) is 9. The fourth-order valence-corrected chi connectivity index (χ4v) is 2.18. The Morgan fingerprint density at radius 1 is 0.920 bits per heavy atom. The van der Waals surface area contributed by atoms with Gasteiger partial charge in [0.1, 0.15) is 0 Å². The van der Waals surface area contributed by atoms with E-state index in [1.165, 1.54) is 13.0 Å². The van der Waals surface area contributed by atoms with Gasteiger partial charge in [-0.2, -0.15) is 5.26 Å². The molecule has 2 fully saturated rings. The van der Waals surface area contributed by atoms with Gasteiger partial charge in [0.15, 0.2) is 0 Å². The summed E-state index contributed by atoms with van der Waals surface area (Å²) in [4.78, 5) is 79.7. The number of amides is 4. The molecule has 132 valence electrons. The lowest BCUT2D eigenvalue weighted by Crippen LogP contribution is -2.47. The summed E-state index contributed by atoms with van der Waals surface area (Å²) in [6, 6.07) is 1.42. The van der Waals surface area contributed by atoms with Crippen LogP contribution in [0.5, 0.6) is 0 Å². The highest BCUT2D eigenvalue weighted by molar-refractivity contribution is 6.07. The number of rotatable bonds is 5. The molecule has 0 atom stereocenters. The monoisotopic (exact) mass is 351 g/mol. The molecule has 0 aromatic rings. The van der Waals surface area contributed by atoms with E-state index in [0.717, 1.165) is 0 Å². The third-order valence-electron chi connectivity index (χ3n) is 3.78. The van der Waals surface area contributed by atoms with Gasteiger partial charge >= 0.3 is 11.9 Å². The Balaban J connectivity index is 2.20. The summed E-state index contributed by atoms with van der Waals surface area (Å²) in [5.74, 6) is -6.19. The molecule has 0 radical (unpaired) electrons. The van der Waals surface area contributed by atoms with Crippen molar-refractivity contribution < 1.29 is 38.4 Å². The molecule has 0 N–H and O–H groups in total. The summed E-state index contributed by atoms with van der Waals surface area (Å²) in [6.45, 7) is 1.28. The van der Waals surface area contributed by atoms with Gasteiger partial charge in [-0.25, -0.2) is 9.59 Å². The highest BCUT2D eigenvalue weighted by Crippen LogP contribution is 2.28. The van der Waals surface area contributed by atoms with Crippen molar-refractivity contribution in [2.75, 3.05) is 0 Å². The van der Waals surface area contributed by atoms with Crippen LogP contribution >= 0.6 is 0 Å². The first-order chi connectivity index (χ1) is 11.8. The van der Waals surface area contributed by atoms with Crippen LogP contribution in [0, 0.1) is 16.7 Å². The standard InChI is InChI=1S/C14H13N3O8/c1-2-14(7-15,12(22)24-16-8(18)3-4-9(16)19)13(23)25-17-10(20)5-6-11(17)21/h2-6H2,1H3. The first kappa shape index (κ1) is 18.1. The highest BCUT2D eigenvalue weighted by Gasteiger charge is 2.53. The first-order valence-electron chi connectivity index (χ1n) is 7.34. The maximum absolute atomic E-state index is 12.3. The number of hydroxylamine groups is 4. The molecule has 11 nitrogen and oxygen atoms in total. The molecule has 2 aliphatic heterocycles. The van der Waals surface area contributed by atoms with E-state index in [1.807, 2.05) is 0 Å². The molecule has 0 saturated carbocycles. The second-order valence-corrected chi connectivity index (χ2v) is 5.29. The Morgan fingerprint density at radius 3 is 1.48 bits per heavy atom. The maximum atomic E-state index is 12.3. The van der Waals surface area contributed by atoms with E-state index in [2.05, 4.69) is 9.68 Å². The summed E-state index contributed by atoms with van der Waals surface area (Å²) in [5.41, 5.74) is -2.55. The average Bonchev–Trinajstić information content (AvgIpc) is 3.06. The Hall–Kier alpha value is -3.29. The molecule has 0 bridgehead atoms. The van der Waals surface area contributed by atoms with Gasteiger partial charge in [0, 0.05) is 25.7 Å². The van der Waals surface area contributed by atoms with Gasteiger partial charge in [-0.1, -0.05) is 6.92 Å². The maximum Gasteiger partial charge on any atom is 0.364 e. The van der Waals surface area contributed by atoms with E-state index >= 15 is 0 Å². The molecule has 11 heteroatoms. The SMILES string of the molecule is CCC(C#N)(C(=O)ON1C(=O)CCC1=O)C(=O)ON1C(=O)CCC1=O. The topological polar surface area (TPSA) is 151 Å². The van der Waals surface area contributed by atoms with E-state index in [1.54, 1.807) is 0 Å². The average molecular weight is 351 g/mol. The van der Waals surface area contributed by atoms with Gasteiger partial charge in [0.25, 0.3) is 29.0 Å². The minimum Gasteiger partial charge on any atom is -0.328 e. The molecule has 25 heavy (non-hydrogen) atoms. The van der Waals surface area contributed by atoms with Crippen molar-refractivity contribution in [3.05, 3.63) is 0 Å². The van der Waals surface area contributed by atoms with Gasteiger partial charge in [0.05, 0.1) is 6.07 Å². The Labute approximate surface area is 140 Å². The third-order valence-corrected chi connectivity index (χ3v) is 3.78. The molecule has 0 spiro atoms. The second kappa shape index (κ2) is 6.68. The lowest BCUT2D eigenvalue weighted by atomic mass is 9.87. The third kappa shape index (κ3) is 3.06. The predicted octanol–water partition coefficient (Wildman–Crippen LogP) is -0.879. The summed E-state index contributed by atoms with van der Waals surface area (Å²) in [7, 11) is 0. The normalized spacial score (nSPS) is 17.8. The molecule has 2 aliphatic rings. The van der Waals surface area contributed by atoms with Crippen molar-refractivity contribution in [1.29, 1.82) is 5.26 Å². The van der Waals surface area contributed by atoms with Crippen molar-refractivity contribution in [1.82, 2.24) is 10.1 Å². The quantitative estimate of drug-likeness (QED) is 0.454. The van der Waals surface area contributed by atoms with Crippen molar-refractivity contribution in [3.8, 4) is 6.07 Å². The Bertz CT molecular complexity index is 640. The smallest absolute Gasteiger partial charge is 0.328 e. The molecular formula is C14H13N3O8. The lowest BCUT2D eigenvalue weighted by molar-refractivity contribution is -0.216. The lowest BCUT2D eigenvalue weighted by Gasteiger charge is -2.24. The van der Waals surface area contributed by atoms with Gasteiger partial charge < -0.3 is 9.68 Å². The molecule has 0 aliphatic carbocycles. The van der Waals surface area contributed by atoms with Crippen LogP contribution in [0.25, 0.3) is 0 Å². The van der Waals surface area contributed by atoms with E-state index in [-0.39, 0.29) is 35.8 Å². The van der Waals surface area contributed by atoms with Crippen molar-refractivity contribution in [2.24, 2.45) is 5.41 Å². The van der Waals surface area contributed by atoms with E-state index in [4.69, 9.17) is 0 Å². The minimum absolute atomic E-state index is 0.168. The summed E-state index contributed by atoms with van der Waals surface area (Å²) >= 11 is 0. The van der Waals surface area contributed by atoms with Gasteiger partial charge in [-0.05, 0) is 6.42 Å². The molecule has 0 aromatic heterocycles. The van der Waals surface area contributed by atoms with E-state index in [9.17, 15) is 34.0 Å². The number of carbonyl (C=O) groups excluding carboxylic acids is 6. The van der Waals surface area contributed by atoms with Crippen LogP contribution in [0.4, 0.5) is 0 Å². The van der Waals surface area contributed by atoms with Gasteiger partial charge in [-0.3, -0.25) is 19.2 Å². The number of imide groups is 2. The molecule has 4 amide bonds. The predicted molar refractivity (Wildman–Crippen MR) is 72.7 cm³/mol. The number of nitrogens with zero attached hydrogens (tertiary/aromatic N) is 3. The summed E-state index contributed by atoms with van der Waals surface area (Å²) in [6.07, 6.45) is -1.11. The van der Waals surface area contributed by atoms with Crippen LogP contribution < -0.4 is 0 Å². The highest BCUT2D eigenvalue weighted by atomic mass is 16.7. The van der Waals surface area contributed by atoms with Crippen LogP contribution in [-0.2, 0) is 38.4 Å². The second-order valence-electron chi connectivity index (χ2n) is 5.29. The summed E-state index contributed by atoms with van der Waals surface area (Å²) < 4.78 is 0. The largest absolute Gasteiger partial charge is 0.364 e. The van der Waals surface area contributed by atoms with Crippen molar-refractivity contribution in [2.45, 2.75) is 39.0 Å². The van der Waals surface area contributed by atoms with E-state index < -0.39 is 47.4 Å². The van der Waals surface area contributed by atoms with Crippen LogP contribution in [0.2, 0.25) is 0 Å². The van der Waals surface area contributed by atoms with Crippen LogP contribution in [0.15, 0.2) is 0 Å². The van der Waals surface area contributed by atoms with Crippen molar-refractivity contribution in [3.63, 3.8) is 0 Å². The molecule has 0 aromatic carbocycles. The number of hydrogen-bond donors (Lipinski definition) is 0. The van der Waals surface area contributed by atoms with Crippen LogP contribution in [-0.4, -0.2) is 45.7 Å². The van der Waals surface area contributed by atoms with Gasteiger partial charge in [0.2, 0.25) is 0 Å². The van der Waals surface area contributed by atoms with Gasteiger partial charge in [-0.15, -0.1) is 10.1 Å². The molecule has 0 unspecified atom stereocenters. The zero-order chi connectivity index (χ0) is 18.8. The number of nitriles is 1. The minimum atomic E-state index is -2.55. The first-order valence-corrected chi connectivity index (χ1v) is 7.34. The van der Waals surface area contributed by atoms with Crippen LogP contribution in [0.1, 0.15) is 39.0 Å². The molecular weight excluding hydrogens is 338 g/mol. The summed E-state index contributed by atoms with van der Waals surface area (Å²) in [5, 5.41) is 9.67. The number of carbonyl (C=O) groups is 6. The zero-order valence-electron chi connectivity index (χ0n) is 13.1. The fourth-order valence-electron chi connectivity index (χ4n) is 2.18. The zero-order valence-corrected chi connectivity index (χ0v) is 13.1. The molecule has 2 saturated heterocycles. The van der Waals surface area contributed by atoms with E-state index in [0.29, 0.717) is 0 Å². The Kier molecular flexibility index (Phi) is 4.82. The molecule has 2 heterocycles. The van der Waals surface area contributed by atoms with Crippen LogP contribution in [0.3, 0.4) is 0 Å².